The molecule has 2 N–H and O–H groups in total. The van der Waals surface area contributed by atoms with Crippen molar-refractivity contribution >= 4 is 41.3 Å². The lowest BCUT2D eigenvalue weighted by Crippen LogP contribution is -2.43. The molecule has 0 aliphatic carbocycles. The molecule has 1 unspecified atom stereocenters. The van der Waals surface area contributed by atoms with E-state index < -0.39 is 6.10 Å². The Labute approximate surface area is 122 Å². The average molecular weight is 313 g/mol. The van der Waals surface area contributed by atoms with Crippen molar-refractivity contribution in [1.29, 1.82) is 0 Å². The molecule has 0 aromatic carbocycles. The van der Waals surface area contributed by atoms with Gasteiger partial charge >= 0.3 is 0 Å². The predicted octanol–water partition coefficient (Wildman–Crippen LogP) is 2.15. The summed E-state index contributed by atoms with van der Waals surface area (Å²) in [5, 5.41) is 0. The number of ether oxygens (including phenoxy) is 1. The number of carbonyl (C=O) groups is 1. The summed E-state index contributed by atoms with van der Waals surface area (Å²) in [6, 6.07) is 3.75. The van der Waals surface area contributed by atoms with Gasteiger partial charge in [0.05, 0.1) is 10.9 Å². The van der Waals surface area contributed by atoms with Crippen LogP contribution in [0.1, 0.15) is 11.8 Å². The standard InChI is InChI=1S/C11H17ClN2O2S.ClH/c1-3-14(11(15)9(6-13)16-2)7-8-4-5-10(12)17-8;/h4-5,9H,3,6-7,13H2,1-2H3;1H. The fraction of sp³-hybridized carbons (Fsp3) is 0.545. The first-order chi connectivity index (χ1) is 8.12. The van der Waals surface area contributed by atoms with Gasteiger partial charge in [-0.3, -0.25) is 4.79 Å². The van der Waals surface area contributed by atoms with E-state index in [9.17, 15) is 4.79 Å². The fourth-order valence-electron chi connectivity index (χ4n) is 1.47. The summed E-state index contributed by atoms with van der Waals surface area (Å²) in [6.45, 7) is 3.29. The molecular weight excluding hydrogens is 295 g/mol. The Morgan fingerprint density at radius 2 is 2.28 bits per heavy atom. The third kappa shape index (κ3) is 4.74. The van der Waals surface area contributed by atoms with Crippen LogP contribution in [0.5, 0.6) is 0 Å². The monoisotopic (exact) mass is 312 g/mol. The molecule has 0 spiro atoms. The summed E-state index contributed by atoms with van der Waals surface area (Å²) in [6.07, 6.45) is -0.564. The molecule has 0 aliphatic rings. The van der Waals surface area contributed by atoms with Gasteiger partial charge in [0.2, 0.25) is 0 Å². The lowest BCUT2D eigenvalue weighted by Gasteiger charge is -2.24. The number of nitrogens with two attached hydrogens (primary N) is 1. The van der Waals surface area contributed by atoms with Gasteiger partial charge in [-0.15, -0.1) is 23.7 Å². The number of carbonyl (C=O) groups excluding carboxylic acids is 1. The molecule has 1 atom stereocenters. The third-order valence-corrected chi connectivity index (χ3v) is 3.66. The minimum Gasteiger partial charge on any atom is -0.370 e. The molecule has 7 heteroatoms. The zero-order valence-corrected chi connectivity index (χ0v) is 12.8. The van der Waals surface area contributed by atoms with Crippen LogP contribution in [-0.2, 0) is 16.1 Å². The van der Waals surface area contributed by atoms with Crippen molar-refractivity contribution in [2.75, 3.05) is 20.2 Å². The Morgan fingerprint density at radius 3 is 2.67 bits per heavy atom. The Kier molecular flexibility index (Phi) is 8.56. The molecular formula is C11H18Cl2N2O2S. The van der Waals surface area contributed by atoms with E-state index in [1.54, 1.807) is 4.90 Å². The summed E-state index contributed by atoms with van der Waals surface area (Å²) in [5.41, 5.74) is 5.48. The van der Waals surface area contributed by atoms with Crippen LogP contribution in [-0.4, -0.2) is 37.1 Å². The van der Waals surface area contributed by atoms with Crippen molar-refractivity contribution in [3.8, 4) is 0 Å². The first-order valence-corrected chi connectivity index (χ1v) is 6.57. The third-order valence-electron chi connectivity index (χ3n) is 2.44. The predicted molar refractivity (Wildman–Crippen MR) is 77.5 cm³/mol. The number of hydrogen-bond acceptors (Lipinski definition) is 4. The zero-order valence-electron chi connectivity index (χ0n) is 10.4. The molecule has 1 heterocycles. The maximum Gasteiger partial charge on any atom is 0.253 e. The summed E-state index contributed by atoms with van der Waals surface area (Å²) in [4.78, 5) is 14.8. The highest BCUT2D eigenvalue weighted by molar-refractivity contribution is 7.16. The van der Waals surface area contributed by atoms with Gasteiger partial charge in [0, 0.05) is 25.1 Å². The van der Waals surface area contributed by atoms with E-state index in [1.807, 2.05) is 19.1 Å². The number of thiophene rings is 1. The molecule has 1 aromatic rings. The Hall–Kier alpha value is -0.330. The molecule has 0 aliphatic heterocycles. The van der Waals surface area contributed by atoms with Crippen molar-refractivity contribution in [2.45, 2.75) is 19.6 Å². The number of rotatable bonds is 6. The number of likely N-dealkylation sites (N-methyl/N-ethyl adjacent to an activating group) is 1. The van der Waals surface area contributed by atoms with Crippen molar-refractivity contribution < 1.29 is 9.53 Å². The Morgan fingerprint density at radius 1 is 1.61 bits per heavy atom. The van der Waals surface area contributed by atoms with Crippen LogP contribution in [0.25, 0.3) is 0 Å². The van der Waals surface area contributed by atoms with Crippen molar-refractivity contribution in [1.82, 2.24) is 4.90 Å². The number of methoxy groups -OCH3 is 1. The molecule has 1 rings (SSSR count). The van der Waals surface area contributed by atoms with E-state index in [4.69, 9.17) is 22.1 Å². The van der Waals surface area contributed by atoms with Crippen LogP contribution in [0.4, 0.5) is 0 Å². The van der Waals surface area contributed by atoms with E-state index in [-0.39, 0.29) is 24.9 Å². The highest BCUT2D eigenvalue weighted by Gasteiger charge is 2.22. The number of nitrogens with zero attached hydrogens (tertiary/aromatic N) is 1. The van der Waals surface area contributed by atoms with Crippen LogP contribution in [0.2, 0.25) is 4.34 Å². The molecule has 0 radical (unpaired) electrons. The topological polar surface area (TPSA) is 55.6 Å². The highest BCUT2D eigenvalue weighted by atomic mass is 35.5. The fourth-order valence-corrected chi connectivity index (χ4v) is 2.58. The molecule has 18 heavy (non-hydrogen) atoms. The van der Waals surface area contributed by atoms with Crippen LogP contribution in [0.3, 0.4) is 0 Å². The van der Waals surface area contributed by atoms with E-state index in [1.165, 1.54) is 18.4 Å². The SMILES string of the molecule is CCN(Cc1ccc(Cl)s1)C(=O)C(CN)OC.Cl. The van der Waals surface area contributed by atoms with Crippen LogP contribution in [0, 0.1) is 0 Å². The maximum absolute atomic E-state index is 12.0. The number of halogens is 2. The molecule has 0 fully saturated rings. The van der Waals surface area contributed by atoms with Crippen LogP contribution >= 0.6 is 35.3 Å². The number of amides is 1. The molecule has 4 nitrogen and oxygen atoms in total. The summed E-state index contributed by atoms with van der Waals surface area (Å²) >= 11 is 7.33. The Balaban J connectivity index is 0.00000289. The normalized spacial score (nSPS) is 11.8. The maximum atomic E-state index is 12.0. The van der Waals surface area contributed by atoms with Gasteiger partial charge < -0.3 is 15.4 Å². The quantitative estimate of drug-likeness (QED) is 0.875. The average Bonchev–Trinajstić information content (AvgIpc) is 2.73. The molecule has 1 aromatic heterocycles. The lowest BCUT2D eigenvalue weighted by atomic mass is 10.3. The van der Waals surface area contributed by atoms with Gasteiger partial charge in [-0.25, -0.2) is 0 Å². The lowest BCUT2D eigenvalue weighted by molar-refractivity contribution is -0.141. The van der Waals surface area contributed by atoms with E-state index in [0.29, 0.717) is 13.1 Å². The minimum absolute atomic E-state index is 0. The second kappa shape index (κ2) is 8.72. The second-order valence-corrected chi connectivity index (χ2v) is 5.32. The summed E-state index contributed by atoms with van der Waals surface area (Å²) < 4.78 is 5.78. The highest BCUT2D eigenvalue weighted by Crippen LogP contribution is 2.22. The van der Waals surface area contributed by atoms with Gasteiger partial charge in [0.25, 0.3) is 5.91 Å². The van der Waals surface area contributed by atoms with Gasteiger partial charge in [0.1, 0.15) is 6.10 Å². The minimum atomic E-state index is -0.564. The molecule has 104 valence electrons. The van der Waals surface area contributed by atoms with E-state index in [2.05, 4.69) is 0 Å². The van der Waals surface area contributed by atoms with E-state index >= 15 is 0 Å². The van der Waals surface area contributed by atoms with Crippen LogP contribution < -0.4 is 5.73 Å². The molecule has 1 amide bonds. The molecule has 0 saturated heterocycles. The first kappa shape index (κ1) is 17.7. The van der Waals surface area contributed by atoms with E-state index in [0.717, 1.165) is 9.21 Å². The summed E-state index contributed by atoms with van der Waals surface area (Å²) in [5.74, 6) is -0.0815. The largest absolute Gasteiger partial charge is 0.370 e. The van der Waals surface area contributed by atoms with Gasteiger partial charge in [-0.05, 0) is 19.1 Å². The second-order valence-electron chi connectivity index (χ2n) is 3.52. The molecule has 0 bridgehead atoms. The Bertz CT molecular complexity index is 370. The van der Waals surface area contributed by atoms with Gasteiger partial charge in [0.15, 0.2) is 0 Å². The van der Waals surface area contributed by atoms with Crippen molar-refractivity contribution in [2.24, 2.45) is 5.73 Å². The van der Waals surface area contributed by atoms with Crippen molar-refractivity contribution in [3.05, 3.63) is 21.3 Å². The number of hydrogen-bond donors (Lipinski definition) is 1. The zero-order chi connectivity index (χ0) is 12.8. The van der Waals surface area contributed by atoms with Crippen molar-refractivity contribution in [3.63, 3.8) is 0 Å². The van der Waals surface area contributed by atoms with Gasteiger partial charge in [-0.2, -0.15) is 0 Å². The molecule has 0 saturated carbocycles. The van der Waals surface area contributed by atoms with Crippen LogP contribution in [0.15, 0.2) is 12.1 Å². The summed E-state index contributed by atoms with van der Waals surface area (Å²) in [7, 11) is 1.49. The van der Waals surface area contributed by atoms with Gasteiger partial charge in [-0.1, -0.05) is 11.6 Å². The first-order valence-electron chi connectivity index (χ1n) is 5.38. The smallest absolute Gasteiger partial charge is 0.253 e.